The molecule has 0 saturated heterocycles. The maximum absolute atomic E-state index is 12.3. The van der Waals surface area contributed by atoms with E-state index in [1.165, 1.54) is 0 Å². The van der Waals surface area contributed by atoms with Gasteiger partial charge in [-0.25, -0.2) is 18.7 Å². The average molecular weight is 288 g/mol. The number of halogens is 2. The third-order valence-electron chi connectivity index (χ3n) is 2.79. The molecule has 0 spiro atoms. The van der Waals surface area contributed by atoms with Crippen molar-refractivity contribution in [1.29, 1.82) is 0 Å². The lowest BCUT2D eigenvalue weighted by atomic mass is 10.2. The van der Waals surface area contributed by atoms with Gasteiger partial charge in [0.2, 0.25) is 0 Å². The number of hydrogen-bond donors (Lipinski definition) is 3. The van der Waals surface area contributed by atoms with E-state index in [1.54, 1.807) is 6.92 Å². The number of nitrogens with zero attached hydrogens (tertiary/aromatic N) is 2. The second-order valence-corrected chi connectivity index (χ2v) is 4.87. The largest absolute Gasteiger partial charge is 0.385 e. The van der Waals surface area contributed by atoms with E-state index in [1.807, 2.05) is 20.8 Å². The zero-order valence-electron chi connectivity index (χ0n) is 12.2. The Labute approximate surface area is 117 Å². The highest BCUT2D eigenvalue weighted by Crippen LogP contribution is 2.23. The van der Waals surface area contributed by atoms with E-state index in [9.17, 15) is 8.78 Å². The van der Waals surface area contributed by atoms with E-state index >= 15 is 0 Å². The van der Waals surface area contributed by atoms with Crippen molar-refractivity contribution in [3.05, 3.63) is 11.4 Å². The van der Waals surface area contributed by atoms with E-state index in [0.717, 1.165) is 5.56 Å². The number of aromatic nitrogens is 2. The Morgan fingerprint density at radius 1 is 1.15 bits per heavy atom. The standard InChI is InChI=1S/C13H22F2N4O/c1-5-16-12-8(4)13(17-6-9(20)10(14)15)19-11(18-12)7(2)3/h7,9-10,20H,5-6H2,1-4H3,(H2,16,17,18,19). The van der Waals surface area contributed by atoms with Gasteiger partial charge in [0.05, 0.1) is 0 Å². The van der Waals surface area contributed by atoms with Crippen LogP contribution in [-0.4, -0.2) is 40.7 Å². The molecule has 1 aromatic rings. The minimum absolute atomic E-state index is 0.119. The molecule has 0 radical (unpaired) electrons. The van der Waals surface area contributed by atoms with Crippen molar-refractivity contribution in [3.8, 4) is 0 Å². The molecule has 0 aromatic carbocycles. The molecule has 0 aliphatic heterocycles. The number of alkyl halides is 2. The first-order valence-electron chi connectivity index (χ1n) is 6.69. The van der Waals surface area contributed by atoms with E-state index in [-0.39, 0.29) is 12.5 Å². The monoisotopic (exact) mass is 288 g/mol. The lowest BCUT2D eigenvalue weighted by Crippen LogP contribution is -2.27. The summed E-state index contributed by atoms with van der Waals surface area (Å²) in [7, 11) is 0. The summed E-state index contributed by atoms with van der Waals surface area (Å²) in [5, 5.41) is 15.0. The first-order valence-corrected chi connectivity index (χ1v) is 6.69. The number of rotatable bonds is 7. The van der Waals surface area contributed by atoms with Crippen LogP contribution in [0.3, 0.4) is 0 Å². The summed E-state index contributed by atoms with van der Waals surface area (Å²) in [6, 6.07) is 0. The van der Waals surface area contributed by atoms with Crippen LogP contribution in [0.25, 0.3) is 0 Å². The molecule has 1 atom stereocenters. The van der Waals surface area contributed by atoms with Gasteiger partial charge >= 0.3 is 0 Å². The molecule has 0 bridgehead atoms. The minimum atomic E-state index is -2.78. The molecule has 20 heavy (non-hydrogen) atoms. The van der Waals surface area contributed by atoms with Crippen LogP contribution in [-0.2, 0) is 0 Å². The van der Waals surface area contributed by atoms with Crippen molar-refractivity contribution >= 4 is 11.6 Å². The number of hydrogen-bond acceptors (Lipinski definition) is 5. The first-order chi connectivity index (χ1) is 9.36. The Hall–Kier alpha value is -1.50. The van der Waals surface area contributed by atoms with Crippen molar-refractivity contribution in [2.24, 2.45) is 0 Å². The summed E-state index contributed by atoms with van der Waals surface area (Å²) in [6.45, 7) is 8.12. The van der Waals surface area contributed by atoms with Gasteiger partial charge in [-0.3, -0.25) is 0 Å². The van der Waals surface area contributed by atoms with Crippen molar-refractivity contribution < 1.29 is 13.9 Å². The van der Waals surface area contributed by atoms with Gasteiger partial charge in [0.15, 0.2) is 0 Å². The third kappa shape index (κ3) is 4.26. The molecule has 3 N–H and O–H groups in total. The Balaban J connectivity index is 2.98. The summed E-state index contributed by atoms with van der Waals surface area (Å²) in [4.78, 5) is 8.74. The molecule has 0 saturated carbocycles. The van der Waals surface area contributed by atoms with Crippen LogP contribution in [0, 0.1) is 6.92 Å². The lowest BCUT2D eigenvalue weighted by molar-refractivity contribution is 0.00380. The predicted molar refractivity (Wildman–Crippen MR) is 75.5 cm³/mol. The van der Waals surface area contributed by atoms with Gasteiger partial charge in [-0.2, -0.15) is 0 Å². The molecule has 0 amide bonds. The summed E-state index contributed by atoms with van der Waals surface area (Å²) in [5.41, 5.74) is 0.748. The van der Waals surface area contributed by atoms with E-state index in [0.29, 0.717) is 24.0 Å². The molecule has 1 rings (SSSR count). The fourth-order valence-corrected chi connectivity index (χ4v) is 1.59. The summed E-state index contributed by atoms with van der Waals surface area (Å²) >= 11 is 0. The van der Waals surface area contributed by atoms with E-state index in [4.69, 9.17) is 5.11 Å². The van der Waals surface area contributed by atoms with Gasteiger partial charge in [-0.15, -0.1) is 0 Å². The molecular formula is C13H22F2N4O. The fourth-order valence-electron chi connectivity index (χ4n) is 1.59. The van der Waals surface area contributed by atoms with Crippen LogP contribution < -0.4 is 10.6 Å². The maximum atomic E-state index is 12.3. The maximum Gasteiger partial charge on any atom is 0.265 e. The zero-order valence-corrected chi connectivity index (χ0v) is 12.2. The quantitative estimate of drug-likeness (QED) is 0.718. The summed E-state index contributed by atoms with van der Waals surface area (Å²) in [6.07, 6.45) is -4.49. The molecule has 114 valence electrons. The molecule has 0 aliphatic carbocycles. The zero-order chi connectivity index (χ0) is 15.3. The Morgan fingerprint density at radius 3 is 2.15 bits per heavy atom. The number of aliphatic hydroxyl groups excluding tert-OH is 1. The van der Waals surface area contributed by atoms with Crippen molar-refractivity contribution in [2.45, 2.75) is 46.1 Å². The Kier molecular flexibility index (Phi) is 6.06. The molecular weight excluding hydrogens is 266 g/mol. The SMILES string of the molecule is CCNc1nc(C(C)C)nc(NCC(O)C(F)F)c1C. The number of aliphatic hydroxyl groups is 1. The third-order valence-corrected chi connectivity index (χ3v) is 2.79. The van der Waals surface area contributed by atoms with Crippen molar-refractivity contribution in [1.82, 2.24) is 9.97 Å². The average Bonchev–Trinajstić information content (AvgIpc) is 2.39. The highest BCUT2D eigenvalue weighted by atomic mass is 19.3. The van der Waals surface area contributed by atoms with Gasteiger partial charge in [0, 0.05) is 24.6 Å². The molecule has 1 heterocycles. The lowest BCUT2D eigenvalue weighted by Gasteiger charge is -2.17. The van der Waals surface area contributed by atoms with E-state index < -0.39 is 12.5 Å². The van der Waals surface area contributed by atoms with Gasteiger partial charge < -0.3 is 15.7 Å². The van der Waals surface area contributed by atoms with Crippen LogP contribution >= 0.6 is 0 Å². The Bertz CT molecular complexity index is 441. The van der Waals surface area contributed by atoms with Crippen LogP contribution in [0.5, 0.6) is 0 Å². The molecule has 1 unspecified atom stereocenters. The van der Waals surface area contributed by atoms with Gasteiger partial charge in [-0.1, -0.05) is 13.8 Å². The summed E-state index contributed by atoms with van der Waals surface area (Å²) in [5.74, 6) is 1.90. The normalized spacial score (nSPS) is 12.8. The molecule has 1 aromatic heterocycles. The second kappa shape index (κ2) is 7.33. The highest BCUT2D eigenvalue weighted by Gasteiger charge is 2.18. The topological polar surface area (TPSA) is 70.1 Å². The van der Waals surface area contributed by atoms with Gasteiger partial charge in [-0.05, 0) is 13.8 Å². The molecule has 5 nitrogen and oxygen atoms in total. The predicted octanol–water partition coefficient (Wildman–Crippen LogP) is 2.38. The number of anilines is 2. The molecule has 0 fully saturated rings. The minimum Gasteiger partial charge on any atom is -0.385 e. The van der Waals surface area contributed by atoms with Gasteiger partial charge in [0.25, 0.3) is 6.43 Å². The van der Waals surface area contributed by atoms with Crippen LogP contribution in [0.4, 0.5) is 20.4 Å². The second-order valence-electron chi connectivity index (χ2n) is 4.87. The first kappa shape index (κ1) is 16.6. The van der Waals surface area contributed by atoms with Crippen LogP contribution in [0.15, 0.2) is 0 Å². The number of nitrogens with one attached hydrogen (secondary N) is 2. The molecule has 7 heteroatoms. The van der Waals surface area contributed by atoms with Gasteiger partial charge in [0.1, 0.15) is 23.6 Å². The smallest absolute Gasteiger partial charge is 0.265 e. The van der Waals surface area contributed by atoms with Crippen molar-refractivity contribution in [3.63, 3.8) is 0 Å². The van der Waals surface area contributed by atoms with E-state index in [2.05, 4.69) is 20.6 Å². The summed E-state index contributed by atoms with van der Waals surface area (Å²) < 4.78 is 24.6. The highest BCUT2D eigenvalue weighted by molar-refractivity contribution is 5.57. The molecule has 0 aliphatic rings. The van der Waals surface area contributed by atoms with Crippen molar-refractivity contribution in [2.75, 3.05) is 23.7 Å². The fraction of sp³-hybridized carbons (Fsp3) is 0.692. The van der Waals surface area contributed by atoms with Crippen LogP contribution in [0.2, 0.25) is 0 Å². The Morgan fingerprint density at radius 2 is 1.70 bits per heavy atom. The van der Waals surface area contributed by atoms with Crippen LogP contribution in [0.1, 0.15) is 38.1 Å².